The largest absolute Gasteiger partial charge is 0.451 e. The Morgan fingerprint density at radius 3 is 2.33 bits per heavy atom. The number of benzene rings is 2. The lowest BCUT2D eigenvalue weighted by Gasteiger charge is -2.26. The molecule has 0 saturated heterocycles. The summed E-state index contributed by atoms with van der Waals surface area (Å²) in [5, 5.41) is 0. The van der Waals surface area contributed by atoms with E-state index in [4.69, 9.17) is 9.47 Å². The van der Waals surface area contributed by atoms with E-state index >= 15 is 0 Å². The molecule has 0 amide bonds. The van der Waals surface area contributed by atoms with Crippen molar-refractivity contribution in [1.29, 1.82) is 0 Å². The highest BCUT2D eigenvalue weighted by molar-refractivity contribution is 5.94. The topological polar surface area (TPSA) is 52.6 Å². The van der Waals surface area contributed by atoms with Crippen molar-refractivity contribution in [3.63, 3.8) is 0 Å². The van der Waals surface area contributed by atoms with Crippen LogP contribution < -0.4 is 4.74 Å². The summed E-state index contributed by atoms with van der Waals surface area (Å²) < 4.78 is 10.8. The molecule has 0 bridgehead atoms. The minimum atomic E-state index is -0.823. The minimum absolute atomic E-state index is 0.168. The van der Waals surface area contributed by atoms with Crippen LogP contribution >= 0.6 is 0 Å². The van der Waals surface area contributed by atoms with Gasteiger partial charge in [0, 0.05) is 6.92 Å². The zero-order chi connectivity index (χ0) is 17.7. The van der Waals surface area contributed by atoms with Gasteiger partial charge in [-0.25, -0.2) is 4.79 Å². The molecular weight excluding hydrogens is 304 g/mol. The summed E-state index contributed by atoms with van der Waals surface area (Å²) in [4.78, 5) is 23.9. The van der Waals surface area contributed by atoms with Crippen molar-refractivity contribution in [2.75, 3.05) is 0 Å². The maximum atomic E-state index is 12.7. The van der Waals surface area contributed by atoms with Crippen molar-refractivity contribution in [3.05, 3.63) is 71.8 Å². The predicted molar refractivity (Wildman–Crippen MR) is 92.7 cm³/mol. The number of esters is 2. The fraction of sp³-hybridized carbons (Fsp3) is 0.200. The highest BCUT2D eigenvalue weighted by Gasteiger charge is 2.27. The van der Waals surface area contributed by atoms with Gasteiger partial charge in [0.05, 0.1) is 0 Å². The van der Waals surface area contributed by atoms with Gasteiger partial charge in [-0.05, 0) is 37.1 Å². The highest BCUT2D eigenvalue weighted by atomic mass is 16.6. The van der Waals surface area contributed by atoms with Crippen LogP contribution in [-0.4, -0.2) is 11.9 Å². The molecule has 2 aromatic carbocycles. The van der Waals surface area contributed by atoms with Crippen LogP contribution in [0.3, 0.4) is 0 Å². The quantitative estimate of drug-likeness (QED) is 0.606. The molecule has 0 unspecified atom stereocenters. The third-order valence-corrected chi connectivity index (χ3v) is 3.53. The molecule has 0 N–H and O–H groups in total. The van der Waals surface area contributed by atoms with Crippen molar-refractivity contribution in [2.45, 2.75) is 26.4 Å². The zero-order valence-electron chi connectivity index (χ0n) is 14.0. The van der Waals surface area contributed by atoms with E-state index in [2.05, 4.69) is 6.58 Å². The van der Waals surface area contributed by atoms with Crippen LogP contribution in [0.25, 0.3) is 6.08 Å². The Bertz CT molecular complexity index is 760. The predicted octanol–water partition coefficient (Wildman–Crippen LogP) is 4.35. The molecule has 0 saturated carbocycles. The Labute approximate surface area is 141 Å². The Hall–Kier alpha value is -2.88. The Morgan fingerprint density at radius 2 is 1.75 bits per heavy atom. The average Bonchev–Trinajstić information content (AvgIpc) is 2.55. The van der Waals surface area contributed by atoms with Crippen LogP contribution in [0.15, 0.2) is 55.1 Å². The van der Waals surface area contributed by atoms with E-state index in [1.807, 2.05) is 44.2 Å². The fourth-order valence-corrected chi connectivity index (χ4v) is 2.26. The Morgan fingerprint density at radius 1 is 1.08 bits per heavy atom. The summed E-state index contributed by atoms with van der Waals surface area (Å²) in [7, 11) is 0. The molecule has 0 aliphatic carbocycles. The molecule has 0 aliphatic rings. The second-order valence-corrected chi connectivity index (χ2v) is 5.82. The maximum absolute atomic E-state index is 12.7. The van der Waals surface area contributed by atoms with Crippen LogP contribution in [0.5, 0.6) is 5.75 Å². The molecule has 0 aliphatic heterocycles. The molecule has 0 atom stereocenters. The minimum Gasteiger partial charge on any atom is -0.451 e. The first-order valence-electron chi connectivity index (χ1n) is 7.57. The summed E-state index contributed by atoms with van der Waals surface area (Å²) in [6.07, 6.45) is 1.61. The summed E-state index contributed by atoms with van der Waals surface area (Å²) in [5.74, 6) is -0.900. The van der Waals surface area contributed by atoms with E-state index < -0.39 is 17.5 Å². The van der Waals surface area contributed by atoms with Crippen molar-refractivity contribution < 1.29 is 19.1 Å². The number of carbonyl (C=O) groups excluding carboxylic acids is 2. The van der Waals surface area contributed by atoms with Crippen LogP contribution in [0.4, 0.5) is 0 Å². The second kappa shape index (κ2) is 7.13. The number of carbonyl (C=O) groups is 2. The lowest BCUT2D eigenvalue weighted by molar-refractivity contribution is -0.131. The molecule has 2 rings (SSSR count). The van der Waals surface area contributed by atoms with E-state index in [0.717, 1.165) is 11.1 Å². The summed E-state index contributed by atoms with van der Waals surface area (Å²) in [6, 6.07) is 14.3. The summed E-state index contributed by atoms with van der Waals surface area (Å²) in [5.41, 5.74) is 0.963. The van der Waals surface area contributed by atoms with Crippen LogP contribution in [0.2, 0.25) is 0 Å². The first-order chi connectivity index (χ1) is 11.3. The number of hydrogen-bond acceptors (Lipinski definition) is 4. The van der Waals surface area contributed by atoms with Crippen LogP contribution in [0.1, 0.15) is 42.3 Å². The Kier molecular flexibility index (Phi) is 5.19. The van der Waals surface area contributed by atoms with E-state index in [1.165, 1.54) is 6.92 Å². The summed E-state index contributed by atoms with van der Waals surface area (Å²) >= 11 is 0. The lowest BCUT2D eigenvalue weighted by atomic mass is 9.98. The number of rotatable bonds is 5. The number of hydrogen-bond donors (Lipinski definition) is 0. The molecule has 0 radical (unpaired) electrons. The van der Waals surface area contributed by atoms with Gasteiger partial charge in [-0.3, -0.25) is 4.79 Å². The van der Waals surface area contributed by atoms with E-state index in [1.54, 1.807) is 24.3 Å². The molecule has 24 heavy (non-hydrogen) atoms. The summed E-state index contributed by atoms with van der Waals surface area (Å²) in [6.45, 7) is 8.58. The standard InChI is InChI=1S/C20H20O4/c1-5-15-11-12-18(23-14(2)21)17(13-15)19(22)24-20(3,4)16-9-7-6-8-10-16/h5-13H,1H2,2-4H3. The molecule has 0 heterocycles. The first kappa shape index (κ1) is 17.5. The third-order valence-electron chi connectivity index (χ3n) is 3.53. The maximum Gasteiger partial charge on any atom is 0.342 e. The van der Waals surface area contributed by atoms with Gasteiger partial charge in [-0.1, -0.05) is 49.1 Å². The first-order valence-corrected chi connectivity index (χ1v) is 7.57. The molecule has 2 aromatic rings. The second-order valence-electron chi connectivity index (χ2n) is 5.82. The van der Waals surface area contributed by atoms with Gasteiger partial charge >= 0.3 is 11.9 Å². The molecule has 124 valence electrons. The van der Waals surface area contributed by atoms with Crippen molar-refractivity contribution >= 4 is 18.0 Å². The van der Waals surface area contributed by atoms with Gasteiger partial charge in [-0.15, -0.1) is 0 Å². The smallest absolute Gasteiger partial charge is 0.342 e. The molecule has 0 aromatic heterocycles. The van der Waals surface area contributed by atoms with Gasteiger partial charge < -0.3 is 9.47 Å². The highest BCUT2D eigenvalue weighted by Crippen LogP contribution is 2.29. The average molecular weight is 324 g/mol. The monoisotopic (exact) mass is 324 g/mol. The molecule has 0 fully saturated rings. The molecule has 4 heteroatoms. The van der Waals surface area contributed by atoms with E-state index in [0.29, 0.717) is 0 Å². The van der Waals surface area contributed by atoms with E-state index in [9.17, 15) is 9.59 Å². The molecular formula is C20H20O4. The van der Waals surface area contributed by atoms with Gasteiger partial charge in [0.15, 0.2) is 0 Å². The van der Waals surface area contributed by atoms with Crippen LogP contribution in [0, 0.1) is 0 Å². The molecule has 0 spiro atoms. The van der Waals surface area contributed by atoms with Gasteiger partial charge in [0.1, 0.15) is 16.9 Å². The van der Waals surface area contributed by atoms with Crippen LogP contribution in [-0.2, 0) is 15.1 Å². The van der Waals surface area contributed by atoms with E-state index in [-0.39, 0.29) is 11.3 Å². The van der Waals surface area contributed by atoms with Gasteiger partial charge in [0.25, 0.3) is 0 Å². The third kappa shape index (κ3) is 4.10. The Balaban J connectivity index is 2.34. The lowest BCUT2D eigenvalue weighted by Crippen LogP contribution is -2.26. The van der Waals surface area contributed by atoms with Crippen molar-refractivity contribution in [2.24, 2.45) is 0 Å². The van der Waals surface area contributed by atoms with Crippen molar-refractivity contribution in [1.82, 2.24) is 0 Å². The SMILES string of the molecule is C=Cc1ccc(OC(C)=O)c(C(=O)OC(C)(C)c2ccccc2)c1. The normalized spacial score (nSPS) is 10.8. The van der Waals surface area contributed by atoms with Crippen molar-refractivity contribution in [3.8, 4) is 5.75 Å². The molecule has 4 nitrogen and oxygen atoms in total. The fourth-order valence-electron chi connectivity index (χ4n) is 2.26. The number of ether oxygens (including phenoxy) is 2. The zero-order valence-corrected chi connectivity index (χ0v) is 14.0. The van der Waals surface area contributed by atoms with Gasteiger partial charge in [-0.2, -0.15) is 0 Å². The van der Waals surface area contributed by atoms with Gasteiger partial charge in [0.2, 0.25) is 0 Å².